The maximum absolute atomic E-state index is 12.3. The van der Waals surface area contributed by atoms with E-state index in [2.05, 4.69) is 22.0 Å². The van der Waals surface area contributed by atoms with Crippen molar-refractivity contribution in [2.45, 2.75) is 32.2 Å². The van der Waals surface area contributed by atoms with Crippen molar-refractivity contribution in [3.8, 4) is 0 Å². The summed E-state index contributed by atoms with van der Waals surface area (Å²) in [5, 5.41) is 3.38. The number of hydrogen-bond acceptors (Lipinski definition) is 3. The van der Waals surface area contributed by atoms with Crippen LogP contribution in [0.1, 0.15) is 26.2 Å². The summed E-state index contributed by atoms with van der Waals surface area (Å²) in [5.41, 5.74) is 0.0122. The second-order valence-electron chi connectivity index (χ2n) is 6.04. The van der Waals surface area contributed by atoms with Crippen molar-refractivity contribution in [1.82, 2.24) is 15.1 Å². The first-order valence-electron chi connectivity index (χ1n) is 6.93. The lowest BCUT2D eigenvalue weighted by Crippen LogP contribution is -2.49. The van der Waals surface area contributed by atoms with Gasteiger partial charge in [0.05, 0.1) is 0 Å². The second kappa shape index (κ2) is 4.25. The Labute approximate surface area is 103 Å². The first-order valence-corrected chi connectivity index (χ1v) is 6.93. The van der Waals surface area contributed by atoms with Gasteiger partial charge in [-0.25, -0.2) is 0 Å². The first kappa shape index (κ1) is 11.5. The Morgan fingerprint density at radius 1 is 1.24 bits per heavy atom. The van der Waals surface area contributed by atoms with Crippen molar-refractivity contribution in [1.29, 1.82) is 0 Å². The van der Waals surface area contributed by atoms with Gasteiger partial charge in [-0.15, -0.1) is 0 Å². The van der Waals surface area contributed by atoms with Crippen LogP contribution in [0.4, 0.5) is 0 Å². The summed E-state index contributed by atoms with van der Waals surface area (Å²) >= 11 is 0. The lowest BCUT2D eigenvalue weighted by Gasteiger charge is -2.32. The summed E-state index contributed by atoms with van der Waals surface area (Å²) < 4.78 is 0. The Kier molecular flexibility index (Phi) is 2.87. The molecule has 0 radical (unpaired) electrons. The Morgan fingerprint density at radius 2 is 1.94 bits per heavy atom. The highest BCUT2D eigenvalue weighted by Gasteiger charge is 2.48. The molecule has 4 nitrogen and oxygen atoms in total. The third-order valence-corrected chi connectivity index (χ3v) is 4.63. The fraction of sp³-hybridized carbons (Fsp3) is 0.923. The number of hydrogen-bond donors (Lipinski definition) is 1. The van der Waals surface area contributed by atoms with Gasteiger partial charge in [0, 0.05) is 50.7 Å². The SMILES string of the molecule is CC1(C(=O)N2CCC(N3CCNCC3)C2)CC1. The summed E-state index contributed by atoms with van der Waals surface area (Å²) in [6, 6.07) is 0.614. The standard InChI is InChI=1S/C13H23N3O/c1-13(3-4-13)12(17)16-7-2-11(10-16)15-8-5-14-6-9-15/h11,14H,2-10H2,1H3. The smallest absolute Gasteiger partial charge is 0.228 e. The van der Waals surface area contributed by atoms with Crippen molar-refractivity contribution in [3.63, 3.8) is 0 Å². The molecular formula is C13H23N3O. The van der Waals surface area contributed by atoms with Crippen molar-refractivity contribution < 1.29 is 4.79 Å². The summed E-state index contributed by atoms with van der Waals surface area (Å²) in [4.78, 5) is 16.9. The molecule has 1 unspecified atom stereocenters. The van der Waals surface area contributed by atoms with Gasteiger partial charge in [0.2, 0.25) is 5.91 Å². The topological polar surface area (TPSA) is 35.6 Å². The highest BCUT2D eigenvalue weighted by atomic mass is 16.2. The molecule has 2 aliphatic heterocycles. The molecule has 0 aromatic rings. The molecule has 0 aromatic heterocycles. The minimum Gasteiger partial charge on any atom is -0.341 e. The maximum Gasteiger partial charge on any atom is 0.228 e. The highest BCUT2D eigenvalue weighted by Crippen LogP contribution is 2.47. The van der Waals surface area contributed by atoms with Crippen molar-refractivity contribution in [3.05, 3.63) is 0 Å². The van der Waals surface area contributed by atoms with Crippen LogP contribution in [0.15, 0.2) is 0 Å². The molecule has 4 heteroatoms. The molecule has 1 atom stereocenters. The molecule has 96 valence electrons. The van der Waals surface area contributed by atoms with Crippen LogP contribution in [0.2, 0.25) is 0 Å². The highest BCUT2D eigenvalue weighted by molar-refractivity contribution is 5.85. The van der Waals surface area contributed by atoms with Crippen LogP contribution in [-0.4, -0.2) is 61.0 Å². The first-order chi connectivity index (χ1) is 8.19. The molecule has 0 bridgehead atoms. The fourth-order valence-electron chi connectivity index (χ4n) is 3.05. The predicted octanol–water partition coefficient (Wildman–Crippen LogP) is 0.293. The molecule has 1 N–H and O–H groups in total. The average Bonchev–Trinajstić information content (AvgIpc) is 2.95. The lowest BCUT2D eigenvalue weighted by molar-refractivity contribution is -0.135. The number of carbonyl (C=O) groups excluding carboxylic acids is 1. The molecule has 3 aliphatic rings. The largest absolute Gasteiger partial charge is 0.341 e. The van der Waals surface area contributed by atoms with E-state index < -0.39 is 0 Å². The predicted molar refractivity (Wildman–Crippen MR) is 66.8 cm³/mol. The van der Waals surface area contributed by atoms with Crippen LogP contribution in [-0.2, 0) is 4.79 Å². The van der Waals surface area contributed by atoms with Crippen LogP contribution in [0, 0.1) is 5.41 Å². The van der Waals surface area contributed by atoms with E-state index in [1.165, 1.54) is 6.42 Å². The van der Waals surface area contributed by atoms with Gasteiger partial charge in [0.15, 0.2) is 0 Å². The van der Waals surface area contributed by atoms with Gasteiger partial charge in [-0.2, -0.15) is 0 Å². The van der Waals surface area contributed by atoms with E-state index in [0.717, 1.165) is 52.1 Å². The normalized spacial score (nSPS) is 32.8. The Balaban J connectivity index is 1.56. The van der Waals surface area contributed by atoms with Crippen molar-refractivity contribution in [2.75, 3.05) is 39.3 Å². The van der Waals surface area contributed by atoms with Gasteiger partial charge in [-0.05, 0) is 19.3 Å². The van der Waals surface area contributed by atoms with Crippen LogP contribution in [0.3, 0.4) is 0 Å². The number of nitrogens with one attached hydrogen (secondary N) is 1. The summed E-state index contributed by atoms with van der Waals surface area (Å²) in [7, 11) is 0. The molecule has 17 heavy (non-hydrogen) atoms. The second-order valence-corrected chi connectivity index (χ2v) is 6.04. The Morgan fingerprint density at radius 3 is 2.59 bits per heavy atom. The van der Waals surface area contributed by atoms with E-state index in [1.807, 2.05) is 0 Å². The molecule has 2 heterocycles. The summed E-state index contributed by atoms with van der Waals surface area (Å²) in [5.74, 6) is 0.412. The molecule has 1 saturated carbocycles. The zero-order valence-electron chi connectivity index (χ0n) is 10.7. The third-order valence-electron chi connectivity index (χ3n) is 4.63. The van der Waals surface area contributed by atoms with E-state index in [-0.39, 0.29) is 5.41 Å². The van der Waals surface area contributed by atoms with Crippen molar-refractivity contribution in [2.24, 2.45) is 5.41 Å². The summed E-state index contributed by atoms with van der Waals surface area (Å²) in [6.07, 6.45) is 3.36. The molecule has 2 saturated heterocycles. The van der Waals surface area contributed by atoms with Gasteiger partial charge in [-0.3, -0.25) is 9.69 Å². The minimum atomic E-state index is 0.0122. The maximum atomic E-state index is 12.3. The van der Waals surface area contributed by atoms with Gasteiger partial charge in [0.25, 0.3) is 0 Å². The number of nitrogens with zero attached hydrogens (tertiary/aromatic N) is 2. The van der Waals surface area contributed by atoms with Crippen LogP contribution < -0.4 is 5.32 Å². The molecule has 0 spiro atoms. The molecule has 3 fully saturated rings. The van der Waals surface area contributed by atoms with Crippen LogP contribution in [0.25, 0.3) is 0 Å². The van der Waals surface area contributed by atoms with Gasteiger partial charge >= 0.3 is 0 Å². The zero-order valence-corrected chi connectivity index (χ0v) is 10.7. The van der Waals surface area contributed by atoms with Crippen LogP contribution in [0.5, 0.6) is 0 Å². The van der Waals surface area contributed by atoms with Crippen LogP contribution >= 0.6 is 0 Å². The number of amides is 1. The van der Waals surface area contributed by atoms with E-state index in [1.54, 1.807) is 0 Å². The Hall–Kier alpha value is -0.610. The lowest BCUT2D eigenvalue weighted by atomic mass is 10.1. The molecule has 3 rings (SSSR count). The fourth-order valence-corrected chi connectivity index (χ4v) is 3.05. The minimum absolute atomic E-state index is 0.0122. The number of likely N-dealkylation sites (tertiary alicyclic amines) is 1. The molecule has 1 amide bonds. The molecule has 0 aromatic carbocycles. The molecule has 1 aliphatic carbocycles. The number of rotatable bonds is 2. The Bertz CT molecular complexity index is 308. The molecular weight excluding hydrogens is 214 g/mol. The number of piperazine rings is 1. The van der Waals surface area contributed by atoms with Gasteiger partial charge in [-0.1, -0.05) is 6.92 Å². The van der Waals surface area contributed by atoms with Gasteiger partial charge in [0.1, 0.15) is 0 Å². The van der Waals surface area contributed by atoms with E-state index in [9.17, 15) is 4.79 Å². The van der Waals surface area contributed by atoms with Gasteiger partial charge < -0.3 is 10.2 Å². The summed E-state index contributed by atoms with van der Waals surface area (Å²) in [6.45, 7) is 8.54. The van der Waals surface area contributed by atoms with E-state index in [4.69, 9.17) is 0 Å². The van der Waals surface area contributed by atoms with E-state index >= 15 is 0 Å². The van der Waals surface area contributed by atoms with Crippen molar-refractivity contribution >= 4 is 5.91 Å². The average molecular weight is 237 g/mol. The monoisotopic (exact) mass is 237 g/mol. The third kappa shape index (κ3) is 2.20. The van der Waals surface area contributed by atoms with E-state index in [0.29, 0.717) is 11.9 Å². The number of carbonyl (C=O) groups is 1. The zero-order chi connectivity index (χ0) is 11.9. The quantitative estimate of drug-likeness (QED) is 0.750.